The fourth-order valence-electron chi connectivity index (χ4n) is 0.433. The van der Waals surface area contributed by atoms with Crippen LogP contribution in [0.4, 0.5) is 0 Å². The molecule has 1 atom stereocenters. The molecule has 0 saturated heterocycles. The third-order valence-electron chi connectivity index (χ3n) is 0.819. The SMILES string of the molecule is C#CC1C=CN=C1. The van der Waals surface area contributed by atoms with Crippen LogP contribution < -0.4 is 0 Å². The summed E-state index contributed by atoms with van der Waals surface area (Å²) in [4.78, 5) is 3.79. The van der Waals surface area contributed by atoms with Gasteiger partial charge in [0, 0.05) is 12.4 Å². The molecule has 0 amide bonds. The van der Waals surface area contributed by atoms with Crippen molar-refractivity contribution in [1.82, 2.24) is 0 Å². The van der Waals surface area contributed by atoms with Crippen LogP contribution in [0.2, 0.25) is 0 Å². The van der Waals surface area contributed by atoms with Gasteiger partial charge in [0.15, 0.2) is 0 Å². The van der Waals surface area contributed by atoms with Crippen LogP contribution in [-0.2, 0) is 0 Å². The van der Waals surface area contributed by atoms with Crippen LogP contribution >= 0.6 is 0 Å². The minimum Gasteiger partial charge on any atom is -0.268 e. The molecule has 0 N–H and O–H groups in total. The molecule has 7 heavy (non-hydrogen) atoms. The summed E-state index contributed by atoms with van der Waals surface area (Å²) < 4.78 is 0. The van der Waals surface area contributed by atoms with E-state index in [-0.39, 0.29) is 5.92 Å². The van der Waals surface area contributed by atoms with Crippen LogP contribution in [0.15, 0.2) is 17.3 Å². The maximum Gasteiger partial charge on any atom is 0.0750 e. The lowest BCUT2D eigenvalue weighted by Gasteiger charge is -1.82. The highest BCUT2D eigenvalue weighted by Crippen LogP contribution is 1.98. The summed E-state index contributed by atoms with van der Waals surface area (Å²) >= 11 is 0. The van der Waals surface area contributed by atoms with E-state index in [0.717, 1.165) is 0 Å². The van der Waals surface area contributed by atoms with Crippen LogP contribution in [0.25, 0.3) is 0 Å². The molecule has 0 aromatic carbocycles. The number of hydrogen-bond acceptors (Lipinski definition) is 1. The Morgan fingerprint density at radius 1 is 1.71 bits per heavy atom. The van der Waals surface area contributed by atoms with Crippen molar-refractivity contribution in [2.24, 2.45) is 10.9 Å². The van der Waals surface area contributed by atoms with Gasteiger partial charge in [-0.1, -0.05) is 5.92 Å². The van der Waals surface area contributed by atoms with Crippen molar-refractivity contribution in [3.05, 3.63) is 12.3 Å². The Hall–Kier alpha value is -1.03. The van der Waals surface area contributed by atoms with Gasteiger partial charge in [0.2, 0.25) is 0 Å². The maximum absolute atomic E-state index is 5.04. The lowest BCUT2D eigenvalue weighted by Crippen LogP contribution is -1.85. The summed E-state index contributed by atoms with van der Waals surface area (Å²) in [7, 11) is 0. The average molecular weight is 91.1 g/mol. The molecular weight excluding hydrogens is 86.1 g/mol. The summed E-state index contributed by atoms with van der Waals surface area (Å²) in [6.07, 6.45) is 10.4. The topological polar surface area (TPSA) is 12.4 Å². The molecule has 0 bridgehead atoms. The molecule has 1 aliphatic rings. The van der Waals surface area contributed by atoms with Gasteiger partial charge < -0.3 is 0 Å². The van der Waals surface area contributed by atoms with E-state index in [1.165, 1.54) is 0 Å². The first kappa shape index (κ1) is 4.14. The van der Waals surface area contributed by atoms with Crippen LogP contribution in [-0.4, -0.2) is 6.21 Å². The zero-order chi connectivity index (χ0) is 5.11. The van der Waals surface area contributed by atoms with E-state index in [1.807, 2.05) is 6.08 Å². The number of hydrogen-bond donors (Lipinski definition) is 0. The summed E-state index contributed by atoms with van der Waals surface area (Å²) in [6, 6.07) is 0. The van der Waals surface area contributed by atoms with E-state index in [1.54, 1.807) is 12.4 Å². The highest BCUT2D eigenvalue weighted by atomic mass is 14.7. The van der Waals surface area contributed by atoms with Crippen LogP contribution in [0.3, 0.4) is 0 Å². The Morgan fingerprint density at radius 3 is 2.86 bits per heavy atom. The first-order valence-electron chi connectivity index (χ1n) is 2.09. The quantitative estimate of drug-likeness (QED) is 0.391. The van der Waals surface area contributed by atoms with Crippen molar-refractivity contribution in [3.8, 4) is 12.3 Å². The summed E-state index contributed by atoms with van der Waals surface area (Å²) in [5.74, 6) is 2.68. The lowest BCUT2D eigenvalue weighted by molar-refractivity contribution is 1.27. The molecule has 1 heteroatoms. The number of terminal acetylenes is 1. The van der Waals surface area contributed by atoms with Crippen LogP contribution in [0, 0.1) is 18.3 Å². The highest BCUT2D eigenvalue weighted by molar-refractivity contribution is 5.70. The van der Waals surface area contributed by atoms with E-state index in [0.29, 0.717) is 0 Å². The Kier molecular flexibility index (Phi) is 0.953. The van der Waals surface area contributed by atoms with Gasteiger partial charge in [0.25, 0.3) is 0 Å². The molecule has 1 rings (SSSR count). The van der Waals surface area contributed by atoms with E-state index in [4.69, 9.17) is 6.42 Å². The third kappa shape index (κ3) is 0.690. The van der Waals surface area contributed by atoms with Crippen molar-refractivity contribution in [1.29, 1.82) is 0 Å². The van der Waals surface area contributed by atoms with E-state index in [2.05, 4.69) is 10.9 Å². The number of aliphatic imine (C=N–C) groups is 1. The molecule has 0 fully saturated rings. The van der Waals surface area contributed by atoms with Gasteiger partial charge in [-0.05, 0) is 6.08 Å². The van der Waals surface area contributed by atoms with Gasteiger partial charge in [-0.3, -0.25) is 4.99 Å². The molecule has 1 unspecified atom stereocenters. The smallest absolute Gasteiger partial charge is 0.0750 e. The first-order valence-corrected chi connectivity index (χ1v) is 2.09. The third-order valence-corrected chi connectivity index (χ3v) is 0.819. The minimum absolute atomic E-state index is 0.153. The summed E-state index contributed by atoms with van der Waals surface area (Å²) in [6.45, 7) is 0. The zero-order valence-corrected chi connectivity index (χ0v) is 3.83. The van der Waals surface area contributed by atoms with Crippen LogP contribution in [0.1, 0.15) is 0 Å². The predicted octanol–water partition coefficient (Wildman–Crippen LogP) is 0.834. The summed E-state index contributed by atoms with van der Waals surface area (Å²) in [5.41, 5.74) is 0. The maximum atomic E-state index is 5.04. The molecule has 0 aromatic rings. The van der Waals surface area contributed by atoms with Gasteiger partial charge >= 0.3 is 0 Å². The summed E-state index contributed by atoms with van der Waals surface area (Å²) in [5, 5.41) is 0. The Bertz CT molecular complexity index is 136. The van der Waals surface area contributed by atoms with Crippen molar-refractivity contribution < 1.29 is 0 Å². The van der Waals surface area contributed by atoms with E-state index >= 15 is 0 Å². The van der Waals surface area contributed by atoms with Gasteiger partial charge in [-0.15, -0.1) is 6.42 Å². The first-order chi connectivity index (χ1) is 3.43. The van der Waals surface area contributed by atoms with Gasteiger partial charge in [-0.25, -0.2) is 0 Å². The second-order valence-electron chi connectivity index (χ2n) is 1.33. The number of rotatable bonds is 0. The standard InChI is InChI=1S/C6H5N/c1-2-6-3-4-7-5-6/h1,3-6H. The number of nitrogens with zero attached hydrogens (tertiary/aromatic N) is 1. The fourth-order valence-corrected chi connectivity index (χ4v) is 0.433. The lowest BCUT2D eigenvalue weighted by atomic mass is 10.2. The average Bonchev–Trinajstić information content (AvgIpc) is 2.14. The molecule has 0 spiro atoms. The monoisotopic (exact) mass is 91.0 g/mol. The second-order valence-corrected chi connectivity index (χ2v) is 1.33. The van der Waals surface area contributed by atoms with Crippen LogP contribution in [0.5, 0.6) is 0 Å². The van der Waals surface area contributed by atoms with Crippen molar-refractivity contribution >= 4 is 6.21 Å². The number of allylic oxidation sites excluding steroid dienone is 1. The fraction of sp³-hybridized carbons (Fsp3) is 0.167. The predicted molar refractivity (Wildman–Crippen MR) is 30.0 cm³/mol. The molecular formula is C6H5N. The van der Waals surface area contributed by atoms with Gasteiger partial charge in [-0.2, -0.15) is 0 Å². The molecule has 1 nitrogen and oxygen atoms in total. The second kappa shape index (κ2) is 1.61. The minimum atomic E-state index is 0.153. The molecule has 0 aromatic heterocycles. The Labute approximate surface area is 42.8 Å². The van der Waals surface area contributed by atoms with E-state index < -0.39 is 0 Å². The van der Waals surface area contributed by atoms with E-state index in [9.17, 15) is 0 Å². The zero-order valence-electron chi connectivity index (χ0n) is 3.83. The molecule has 0 saturated carbocycles. The molecule has 1 aliphatic heterocycles. The Morgan fingerprint density at radius 2 is 2.57 bits per heavy atom. The van der Waals surface area contributed by atoms with Crippen molar-refractivity contribution in [3.63, 3.8) is 0 Å². The van der Waals surface area contributed by atoms with Gasteiger partial charge in [0.1, 0.15) is 0 Å². The molecule has 1 heterocycles. The molecule has 0 aliphatic carbocycles. The Balaban J connectivity index is 2.65. The van der Waals surface area contributed by atoms with Gasteiger partial charge in [0.05, 0.1) is 5.92 Å². The largest absolute Gasteiger partial charge is 0.268 e. The van der Waals surface area contributed by atoms with Crippen molar-refractivity contribution in [2.45, 2.75) is 0 Å². The van der Waals surface area contributed by atoms with Crippen molar-refractivity contribution in [2.75, 3.05) is 0 Å². The molecule has 34 valence electrons. The highest BCUT2D eigenvalue weighted by Gasteiger charge is 1.95. The molecule has 0 radical (unpaired) electrons. The normalized spacial score (nSPS) is 25.3.